The van der Waals surface area contributed by atoms with Crippen molar-refractivity contribution in [2.24, 2.45) is 0 Å². The van der Waals surface area contributed by atoms with Gasteiger partial charge >= 0.3 is 0 Å². The summed E-state index contributed by atoms with van der Waals surface area (Å²) in [5.41, 5.74) is 8.69. The van der Waals surface area contributed by atoms with Crippen molar-refractivity contribution >= 4 is 16.7 Å². The highest BCUT2D eigenvalue weighted by Gasteiger charge is 2.11. The van der Waals surface area contributed by atoms with E-state index in [9.17, 15) is 0 Å². The summed E-state index contributed by atoms with van der Waals surface area (Å²) in [5, 5.41) is 3.50. The number of hydrogen-bond donors (Lipinski definition) is 1. The van der Waals surface area contributed by atoms with Crippen LogP contribution < -0.4 is 5.32 Å². The van der Waals surface area contributed by atoms with E-state index >= 15 is 0 Å². The summed E-state index contributed by atoms with van der Waals surface area (Å²) >= 11 is 0. The predicted molar refractivity (Wildman–Crippen MR) is 87.4 cm³/mol. The van der Waals surface area contributed by atoms with Crippen molar-refractivity contribution in [2.45, 2.75) is 26.7 Å². The number of imidazole rings is 1. The molecule has 0 amide bonds. The molecule has 106 valence electrons. The molecule has 1 aliphatic heterocycles. The highest BCUT2D eigenvalue weighted by atomic mass is 15.1. The highest BCUT2D eigenvalue weighted by Crippen LogP contribution is 2.27. The van der Waals surface area contributed by atoms with Crippen molar-refractivity contribution in [1.82, 2.24) is 9.55 Å². The minimum Gasteiger partial charge on any atom is -0.385 e. The third-order valence-electron chi connectivity index (χ3n) is 4.47. The maximum absolute atomic E-state index is 4.55. The molecule has 3 aromatic rings. The average molecular weight is 277 g/mol. The number of fused-ring (bicyclic) bond motifs is 2. The molecule has 3 heteroatoms. The topological polar surface area (TPSA) is 29.9 Å². The molecular formula is C18H19N3. The Labute approximate surface area is 124 Å². The van der Waals surface area contributed by atoms with E-state index in [-0.39, 0.29) is 0 Å². The van der Waals surface area contributed by atoms with Gasteiger partial charge < -0.3 is 5.32 Å². The monoisotopic (exact) mass is 277 g/mol. The molecule has 1 aromatic heterocycles. The lowest BCUT2D eigenvalue weighted by atomic mass is 10.0. The first kappa shape index (κ1) is 12.5. The van der Waals surface area contributed by atoms with Crippen molar-refractivity contribution < 1.29 is 0 Å². The van der Waals surface area contributed by atoms with Crippen molar-refractivity contribution in [3.63, 3.8) is 0 Å². The Hall–Kier alpha value is -2.29. The summed E-state index contributed by atoms with van der Waals surface area (Å²) in [6, 6.07) is 11.1. The van der Waals surface area contributed by atoms with Gasteiger partial charge in [-0.2, -0.15) is 0 Å². The Balaban J connectivity index is 1.88. The molecule has 21 heavy (non-hydrogen) atoms. The van der Waals surface area contributed by atoms with Crippen LogP contribution in [-0.4, -0.2) is 16.1 Å². The average Bonchev–Trinajstić information content (AvgIpc) is 2.90. The van der Waals surface area contributed by atoms with Crippen LogP contribution in [0.25, 0.3) is 16.7 Å². The van der Waals surface area contributed by atoms with Gasteiger partial charge in [0.25, 0.3) is 0 Å². The van der Waals surface area contributed by atoms with Gasteiger partial charge in [0, 0.05) is 17.9 Å². The van der Waals surface area contributed by atoms with Gasteiger partial charge in [-0.05, 0) is 67.6 Å². The van der Waals surface area contributed by atoms with E-state index < -0.39 is 0 Å². The van der Waals surface area contributed by atoms with E-state index in [0.717, 1.165) is 12.1 Å². The minimum absolute atomic E-state index is 1.06. The molecule has 0 bridgehead atoms. The lowest BCUT2D eigenvalue weighted by Gasteiger charge is -2.19. The number of aryl methyl sites for hydroxylation is 3. The fourth-order valence-corrected chi connectivity index (χ4v) is 3.07. The number of anilines is 1. The van der Waals surface area contributed by atoms with Crippen LogP contribution in [0.15, 0.2) is 36.7 Å². The molecule has 1 aliphatic rings. The Kier molecular flexibility index (Phi) is 2.74. The number of rotatable bonds is 1. The van der Waals surface area contributed by atoms with Crippen LogP contribution in [0.2, 0.25) is 0 Å². The second-order valence-corrected chi connectivity index (χ2v) is 5.91. The van der Waals surface area contributed by atoms with Crippen molar-refractivity contribution in [3.05, 3.63) is 53.3 Å². The van der Waals surface area contributed by atoms with E-state index in [2.05, 4.69) is 59.0 Å². The van der Waals surface area contributed by atoms with Crippen LogP contribution >= 0.6 is 0 Å². The van der Waals surface area contributed by atoms with Gasteiger partial charge in [-0.25, -0.2) is 4.98 Å². The van der Waals surface area contributed by atoms with Gasteiger partial charge in [-0.15, -0.1) is 0 Å². The fourth-order valence-electron chi connectivity index (χ4n) is 3.07. The van der Waals surface area contributed by atoms with Crippen LogP contribution in [0.4, 0.5) is 5.69 Å². The summed E-state index contributed by atoms with van der Waals surface area (Å²) in [7, 11) is 0. The summed E-state index contributed by atoms with van der Waals surface area (Å²) in [4.78, 5) is 4.55. The van der Waals surface area contributed by atoms with E-state index in [4.69, 9.17) is 0 Å². The van der Waals surface area contributed by atoms with Crippen molar-refractivity contribution in [2.75, 3.05) is 11.9 Å². The maximum atomic E-state index is 4.55. The van der Waals surface area contributed by atoms with Crippen LogP contribution in [-0.2, 0) is 6.42 Å². The van der Waals surface area contributed by atoms with Gasteiger partial charge in [-0.3, -0.25) is 4.57 Å². The largest absolute Gasteiger partial charge is 0.385 e. The molecular weight excluding hydrogens is 258 g/mol. The maximum Gasteiger partial charge on any atom is 0.100 e. The quantitative estimate of drug-likeness (QED) is 0.728. The first-order valence-electron chi connectivity index (χ1n) is 7.54. The van der Waals surface area contributed by atoms with Gasteiger partial charge in [-0.1, -0.05) is 6.07 Å². The predicted octanol–water partition coefficient (Wildman–Crippen LogP) is 4.00. The van der Waals surface area contributed by atoms with Gasteiger partial charge in [0.05, 0.1) is 11.0 Å². The number of benzene rings is 2. The molecule has 0 fully saturated rings. The zero-order chi connectivity index (χ0) is 14.4. The molecule has 2 heterocycles. The molecule has 0 aliphatic carbocycles. The second kappa shape index (κ2) is 4.62. The van der Waals surface area contributed by atoms with E-state index in [1.807, 2.05) is 6.33 Å². The lowest BCUT2D eigenvalue weighted by molar-refractivity contribution is 0.829. The molecule has 1 N–H and O–H groups in total. The zero-order valence-corrected chi connectivity index (χ0v) is 12.5. The SMILES string of the molecule is Cc1cc2ncn(-c3ccc4c(c3)NCCC4)c2cc1C. The third kappa shape index (κ3) is 2.00. The standard InChI is InChI=1S/C18H19N3/c1-12-8-17-18(9-13(12)2)21(11-20-17)15-6-5-14-4-3-7-19-16(14)10-15/h5-6,8-11,19H,3-4,7H2,1-2H3. The van der Waals surface area contributed by atoms with Crippen LogP contribution in [0, 0.1) is 13.8 Å². The number of hydrogen-bond acceptors (Lipinski definition) is 2. The Bertz CT molecular complexity index is 830. The molecule has 0 spiro atoms. The summed E-state index contributed by atoms with van der Waals surface area (Å²) in [6.45, 7) is 5.36. The summed E-state index contributed by atoms with van der Waals surface area (Å²) in [5.74, 6) is 0. The lowest BCUT2D eigenvalue weighted by Crippen LogP contribution is -2.12. The first-order chi connectivity index (χ1) is 10.2. The molecule has 0 unspecified atom stereocenters. The van der Waals surface area contributed by atoms with E-state index in [1.54, 1.807) is 0 Å². The Morgan fingerprint density at radius 3 is 2.86 bits per heavy atom. The Morgan fingerprint density at radius 2 is 1.95 bits per heavy atom. The third-order valence-corrected chi connectivity index (χ3v) is 4.47. The molecule has 4 rings (SSSR count). The summed E-state index contributed by atoms with van der Waals surface area (Å²) in [6.07, 6.45) is 4.32. The van der Waals surface area contributed by atoms with Gasteiger partial charge in [0.15, 0.2) is 0 Å². The van der Waals surface area contributed by atoms with Gasteiger partial charge in [0.1, 0.15) is 6.33 Å². The molecule has 0 saturated heterocycles. The Morgan fingerprint density at radius 1 is 1.10 bits per heavy atom. The van der Waals surface area contributed by atoms with Crippen LogP contribution in [0.5, 0.6) is 0 Å². The minimum atomic E-state index is 1.06. The van der Waals surface area contributed by atoms with Crippen LogP contribution in [0.3, 0.4) is 0 Å². The van der Waals surface area contributed by atoms with E-state index in [1.165, 1.54) is 46.4 Å². The summed E-state index contributed by atoms with van der Waals surface area (Å²) < 4.78 is 2.18. The second-order valence-electron chi connectivity index (χ2n) is 5.91. The first-order valence-corrected chi connectivity index (χ1v) is 7.54. The molecule has 0 atom stereocenters. The zero-order valence-electron chi connectivity index (χ0n) is 12.5. The molecule has 0 radical (unpaired) electrons. The van der Waals surface area contributed by atoms with Crippen LogP contribution in [0.1, 0.15) is 23.1 Å². The normalized spacial score (nSPS) is 14.0. The number of aromatic nitrogens is 2. The molecule has 2 aromatic carbocycles. The van der Waals surface area contributed by atoms with Crippen molar-refractivity contribution in [3.8, 4) is 5.69 Å². The van der Waals surface area contributed by atoms with Gasteiger partial charge in [0.2, 0.25) is 0 Å². The highest BCUT2D eigenvalue weighted by molar-refractivity contribution is 5.79. The number of nitrogens with zero attached hydrogens (tertiary/aromatic N) is 2. The number of nitrogens with one attached hydrogen (secondary N) is 1. The molecule has 3 nitrogen and oxygen atoms in total. The fraction of sp³-hybridized carbons (Fsp3) is 0.278. The van der Waals surface area contributed by atoms with Crippen molar-refractivity contribution in [1.29, 1.82) is 0 Å². The molecule has 0 saturated carbocycles. The van der Waals surface area contributed by atoms with E-state index in [0.29, 0.717) is 0 Å². The smallest absolute Gasteiger partial charge is 0.100 e.